The van der Waals surface area contributed by atoms with Gasteiger partial charge in [-0.2, -0.15) is 0 Å². The first kappa shape index (κ1) is 19.4. The Bertz CT molecular complexity index is 551. The second-order valence-electron chi connectivity index (χ2n) is 6.86. The van der Waals surface area contributed by atoms with E-state index < -0.39 is 0 Å². The summed E-state index contributed by atoms with van der Waals surface area (Å²) in [5.41, 5.74) is 1.01. The monoisotopic (exact) mass is 348 g/mol. The van der Waals surface area contributed by atoms with Crippen LogP contribution in [-0.2, 0) is 16.0 Å². The zero-order valence-electron chi connectivity index (χ0n) is 15.0. The van der Waals surface area contributed by atoms with E-state index in [4.69, 9.17) is 0 Å². The minimum absolute atomic E-state index is 0.00732. The third kappa shape index (κ3) is 6.48. The highest BCUT2D eigenvalue weighted by Crippen LogP contribution is 2.29. The van der Waals surface area contributed by atoms with Crippen molar-refractivity contribution in [1.82, 2.24) is 10.6 Å². The van der Waals surface area contributed by atoms with Gasteiger partial charge >= 0.3 is 0 Å². The molecule has 4 nitrogen and oxygen atoms in total. The summed E-state index contributed by atoms with van der Waals surface area (Å²) < 4.78 is 12.9. The standard InChI is InChI=1S/C20H29FN2O2/c1-2-3-13-22-19(24)16-6-8-17(9-7-16)20(25)23-14-12-15-4-10-18(21)11-5-15/h4-5,10-11,16-17H,2-3,6-9,12-14H2,1H3,(H,22,24)(H,23,25). The zero-order chi connectivity index (χ0) is 18.1. The van der Waals surface area contributed by atoms with Crippen LogP contribution in [0.1, 0.15) is 51.0 Å². The largest absolute Gasteiger partial charge is 0.356 e. The Balaban J connectivity index is 1.65. The summed E-state index contributed by atoms with van der Waals surface area (Å²) in [6.45, 7) is 3.41. The van der Waals surface area contributed by atoms with Crippen LogP contribution in [0.5, 0.6) is 0 Å². The van der Waals surface area contributed by atoms with Crippen LogP contribution in [0.25, 0.3) is 0 Å². The van der Waals surface area contributed by atoms with E-state index in [2.05, 4.69) is 17.6 Å². The molecule has 2 rings (SSSR count). The van der Waals surface area contributed by atoms with Crippen molar-refractivity contribution in [3.63, 3.8) is 0 Å². The topological polar surface area (TPSA) is 58.2 Å². The molecule has 5 heteroatoms. The first-order valence-corrected chi connectivity index (χ1v) is 9.40. The average Bonchev–Trinajstić information content (AvgIpc) is 2.63. The third-order valence-electron chi connectivity index (χ3n) is 4.92. The van der Waals surface area contributed by atoms with E-state index in [0.717, 1.165) is 50.6 Å². The minimum atomic E-state index is -0.247. The number of hydrogen-bond donors (Lipinski definition) is 2. The summed E-state index contributed by atoms with van der Waals surface area (Å²) in [5, 5.41) is 5.96. The Morgan fingerprint density at radius 3 is 2.00 bits per heavy atom. The van der Waals surface area contributed by atoms with Gasteiger partial charge in [-0.05, 0) is 56.2 Å². The molecular weight excluding hydrogens is 319 g/mol. The first-order chi connectivity index (χ1) is 12.1. The van der Waals surface area contributed by atoms with Crippen molar-refractivity contribution in [3.05, 3.63) is 35.6 Å². The van der Waals surface area contributed by atoms with Gasteiger partial charge in [0.2, 0.25) is 11.8 Å². The van der Waals surface area contributed by atoms with Crippen molar-refractivity contribution in [3.8, 4) is 0 Å². The van der Waals surface area contributed by atoms with Crippen molar-refractivity contribution < 1.29 is 14.0 Å². The molecule has 0 bridgehead atoms. The Labute approximate surface area is 149 Å². The van der Waals surface area contributed by atoms with Crippen molar-refractivity contribution in [2.24, 2.45) is 11.8 Å². The number of rotatable bonds is 8. The van der Waals surface area contributed by atoms with Crippen LogP contribution in [0.4, 0.5) is 4.39 Å². The van der Waals surface area contributed by atoms with Gasteiger partial charge in [0.15, 0.2) is 0 Å². The fraction of sp³-hybridized carbons (Fsp3) is 0.600. The van der Waals surface area contributed by atoms with E-state index in [9.17, 15) is 14.0 Å². The number of carbonyl (C=O) groups excluding carboxylic acids is 2. The Morgan fingerprint density at radius 1 is 0.960 bits per heavy atom. The van der Waals surface area contributed by atoms with E-state index in [1.54, 1.807) is 12.1 Å². The fourth-order valence-corrected chi connectivity index (χ4v) is 3.28. The predicted octanol–water partition coefficient (Wildman–Crippen LogP) is 3.21. The van der Waals surface area contributed by atoms with Gasteiger partial charge in [-0.3, -0.25) is 9.59 Å². The van der Waals surface area contributed by atoms with Crippen LogP contribution in [-0.4, -0.2) is 24.9 Å². The van der Waals surface area contributed by atoms with E-state index in [1.165, 1.54) is 12.1 Å². The van der Waals surface area contributed by atoms with Gasteiger partial charge in [-0.1, -0.05) is 25.5 Å². The highest BCUT2D eigenvalue weighted by Gasteiger charge is 2.29. The zero-order valence-corrected chi connectivity index (χ0v) is 15.0. The van der Waals surface area contributed by atoms with Crippen molar-refractivity contribution in [2.45, 2.75) is 51.9 Å². The molecule has 0 spiro atoms. The number of amides is 2. The Kier molecular flexibility index (Phi) is 7.89. The van der Waals surface area contributed by atoms with Crippen LogP contribution in [0, 0.1) is 17.7 Å². The van der Waals surface area contributed by atoms with E-state index in [-0.39, 0.29) is 29.5 Å². The van der Waals surface area contributed by atoms with Crippen molar-refractivity contribution >= 4 is 11.8 Å². The second kappa shape index (κ2) is 10.2. The van der Waals surface area contributed by atoms with Crippen LogP contribution in [0.3, 0.4) is 0 Å². The number of nitrogens with one attached hydrogen (secondary N) is 2. The molecule has 0 aromatic heterocycles. The lowest BCUT2D eigenvalue weighted by Gasteiger charge is -2.27. The lowest BCUT2D eigenvalue weighted by atomic mass is 9.81. The van der Waals surface area contributed by atoms with E-state index in [0.29, 0.717) is 13.0 Å². The molecule has 1 aromatic carbocycles. The smallest absolute Gasteiger partial charge is 0.223 e. The number of unbranched alkanes of at least 4 members (excludes halogenated alkanes) is 1. The van der Waals surface area contributed by atoms with Crippen LogP contribution in [0.15, 0.2) is 24.3 Å². The van der Waals surface area contributed by atoms with Gasteiger partial charge in [-0.15, -0.1) is 0 Å². The molecule has 0 atom stereocenters. The lowest BCUT2D eigenvalue weighted by Crippen LogP contribution is -2.38. The molecule has 1 saturated carbocycles. The molecule has 1 fully saturated rings. The molecule has 1 aliphatic rings. The number of carbonyl (C=O) groups is 2. The summed E-state index contributed by atoms with van der Waals surface area (Å²) in [7, 11) is 0. The Hall–Kier alpha value is -1.91. The maximum Gasteiger partial charge on any atom is 0.223 e. The molecule has 1 aromatic rings. The van der Waals surface area contributed by atoms with E-state index in [1.807, 2.05) is 0 Å². The lowest BCUT2D eigenvalue weighted by molar-refractivity contribution is -0.130. The normalized spacial score (nSPS) is 20.1. The SMILES string of the molecule is CCCCNC(=O)C1CCC(C(=O)NCCc2ccc(F)cc2)CC1. The van der Waals surface area contributed by atoms with Gasteiger partial charge in [0.05, 0.1) is 0 Å². The maximum atomic E-state index is 12.9. The minimum Gasteiger partial charge on any atom is -0.356 e. The summed E-state index contributed by atoms with van der Waals surface area (Å²) in [6.07, 6.45) is 5.90. The highest BCUT2D eigenvalue weighted by molar-refractivity contribution is 5.81. The summed E-state index contributed by atoms with van der Waals surface area (Å²) in [4.78, 5) is 24.3. The number of halogens is 1. The number of benzene rings is 1. The molecule has 0 aliphatic heterocycles. The summed E-state index contributed by atoms with van der Waals surface area (Å²) >= 11 is 0. The summed E-state index contributed by atoms with van der Waals surface area (Å²) in [6, 6.07) is 6.35. The maximum absolute atomic E-state index is 12.9. The van der Waals surface area contributed by atoms with Gasteiger partial charge in [0.25, 0.3) is 0 Å². The molecular formula is C20H29FN2O2. The van der Waals surface area contributed by atoms with Gasteiger partial charge in [0, 0.05) is 24.9 Å². The van der Waals surface area contributed by atoms with Gasteiger partial charge in [-0.25, -0.2) is 4.39 Å². The van der Waals surface area contributed by atoms with E-state index >= 15 is 0 Å². The van der Waals surface area contributed by atoms with Crippen LogP contribution in [0.2, 0.25) is 0 Å². The second-order valence-corrected chi connectivity index (χ2v) is 6.86. The highest BCUT2D eigenvalue weighted by atomic mass is 19.1. The van der Waals surface area contributed by atoms with Gasteiger partial charge in [0.1, 0.15) is 5.82 Å². The number of hydrogen-bond acceptors (Lipinski definition) is 2. The average molecular weight is 348 g/mol. The van der Waals surface area contributed by atoms with Crippen LogP contribution < -0.4 is 10.6 Å². The van der Waals surface area contributed by atoms with Crippen molar-refractivity contribution in [2.75, 3.05) is 13.1 Å². The molecule has 0 heterocycles. The van der Waals surface area contributed by atoms with Crippen molar-refractivity contribution in [1.29, 1.82) is 0 Å². The molecule has 25 heavy (non-hydrogen) atoms. The summed E-state index contributed by atoms with van der Waals surface area (Å²) in [5.74, 6) is 0.0341. The first-order valence-electron chi connectivity index (χ1n) is 9.40. The Morgan fingerprint density at radius 2 is 1.48 bits per heavy atom. The molecule has 2 amide bonds. The third-order valence-corrected chi connectivity index (χ3v) is 4.92. The molecule has 138 valence electrons. The fourth-order valence-electron chi connectivity index (χ4n) is 3.28. The molecule has 2 N–H and O–H groups in total. The molecule has 0 radical (unpaired) electrons. The molecule has 0 unspecified atom stereocenters. The predicted molar refractivity (Wildman–Crippen MR) is 96.5 cm³/mol. The van der Waals surface area contributed by atoms with Gasteiger partial charge < -0.3 is 10.6 Å². The molecule has 0 saturated heterocycles. The molecule has 1 aliphatic carbocycles. The van der Waals surface area contributed by atoms with Crippen LogP contribution >= 0.6 is 0 Å². The quantitative estimate of drug-likeness (QED) is 0.709.